The van der Waals surface area contributed by atoms with Gasteiger partial charge in [-0.2, -0.15) is 5.10 Å². The summed E-state index contributed by atoms with van der Waals surface area (Å²) in [7, 11) is 1.45. The smallest absolute Gasteiger partial charge is 0.258 e. The van der Waals surface area contributed by atoms with E-state index in [4.69, 9.17) is 22.2 Å². The van der Waals surface area contributed by atoms with Crippen molar-refractivity contribution in [3.05, 3.63) is 88.2 Å². The van der Waals surface area contributed by atoms with Crippen LogP contribution in [0.15, 0.2) is 65.8 Å². The number of nitrogens with one attached hydrogen (secondary N) is 1. The highest BCUT2D eigenvalue weighted by Gasteiger charge is 2.43. The van der Waals surface area contributed by atoms with Gasteiger partial charge in [0.15, 0.2) is 0 Å². The number of ether oxygens (including phenoxy) is 1. The van der Waals surface area contributed by atoms with Crippen LogP contribution in [-0.4, -0.2) is 31.2 Å². The summed E-state index contributed by atoms with van der Waals surface area (Å²) < 4.78 is 19.2. The Kier molecular flexibility index (Phi) is 7.08. The fourth-order valence-electron chi connectivity index (χ4n) is 5.64. The van der Waals surface area contributed by atoms with Gasteiger partial charge in [-0.1, -0.05) is 29.8 Å². The van der Waals surface area contributed by atoms with Gasteiger partial charge in [-0.25, -0.2) is 4.39 Å². The van der Waals surface area contributed by atoms with E-state index in [0.717, 1.165) is 55.1 Å². The fourth-order valence-corrected chi connectivity index (χ4v) is 5.85. The lowest BCUT2D eigenvalue weighted by atomic mass is 9.76. The molecular weight excluding hydrogens is 507 g/mol. The second-order valence-electron chi connectivity index (χ2n) is 9.72. The first-order valence-electron chi connectivity index (χ1n) is 12.5. The largest absolute Gasteiger partial charge is 0.495 e. The molecule has 1 spiro atoms. The van der Waals surface area contributed by atoms with E-state index in [9.17, 15) is 14.0 Å². The molecule has 38 heavy (non-hydrogen) atoms. The van der Waals surface area contributed by atoms with E-state index in [2.05, 4.69) is 16.5 Å². The normalized spacial score (nSPS) is 19.8. The van der Waals surface area contributed by atoms with Crippen LogP contribution in [0, 0.1) is 11.2 Å². The summed E-state index contributed by atoms with van der Waals surface area (Å²) in [6.07, 6.45) is 4.48. The summed E-state index contributed by atoms with van der Waals surface area (Å²) in [5.74, 6) is 4.72. The molecule has 0 aromatic heterocycles. The topological polar surface area (TPSA) is 97.0 Å². The Hall–Kier alpha value is -3.91. The van der Waals surface area contributed by atoms with Crippen molar-refractivity contribution in [2.75, 3.05) is 23.9 Å². The van der Waals surface area contributed by atoms with Gasteiger partial charge in [0, 0.05) is 28.9 Å². The molecule has 0 saturated heterocycles. The van der Waals surface area contributed by atoms with E-state index in [-0.39, 0.29) is 21.9 Å². The molecule has 1 aliphatic carbocycles. The van der Waals surface area contributed by atoms with Crippen molar-refractivity contribution in [1.29, 1.82) is 0 Å². The highest BCUT2D eigenvalue weighted by atomic mass is 35.5. The Morgan fingerprint density at radius 3 is 2.74 bits per heavy atom. The van der Waals surface area contributed by atoms with Gasteiger partial charge in [-0.05, 0) is 80.1 Å². The quantitative estimate of drug-likeness (QED) is 0.325. The zero-order chi connectivity index (χ0) is 26.9. The van der Waals surface area contributed by atoms with Gasteiger partial charge in [0.05, 0.1) is 23.4 Å². The molecule has 1 aliphatic heterocycles. The molecule has 1 atom stereocenters. The highest BCUT2D eigenvalue weighted by Crippen LogP contribution is 2.46. The van der Waals surface area contributed by atoms with Gasteiger partial charge < -0.3 is 20.8 Å². The minimum absolute atomic E-state index is 0.00345. The van der Waals surface area contributed by atoms with Crippen LogP contribution in [0.25, 0.3) is 0 Å². The second-order valence-corrected chi connectivity index (χ2v) is 10.1. The number of carbonyl (C=O) groups excluding carboxylic acids is 2. The van der Waals surface area contributed by atoms with Crippen LogP contribution in [0.3, 0.4) is 0 Å². The SMILES string of the molecule is COc1cc(C(=O)N2CCC3(CCCC3=NN)Cc3ccccc32)ccc1NC(=O)c1cc(F)ccc1Cl. The van der Waals surface area contributed by atoms with Gasteiger partial charge in [-0.3, -0.25) is 9.59 Å². The molecule has 9 heteroatoms. The zero-order valence-corrected chi connectivity index (χ0v) is 21.7. The van der Waals surface area contributed by atoms with Crippen molar-refractivity contribution in [2.24, 2.45) is 16.4 Å². The monoisotopic (exact) mass is 534 g/mol. The molecule has 2 aliphatic rings. The number of methoxy groups -OCH3 is 1. The second kappa shape index (κ2) is 10.5. The van der Waals surface area contributed by atoms with E-state index >= 15 is 0 Å². The van der Waals surface area contributed by atoms with Gasteiger partial charge >= 0.3 is 0 Å². The Morgan fingerprint density at radius 2 is 1.95 bits per heavy atom. The number of anilines is 2. The molecule has 0 radical (unpaired) electrons. The van der Waals surface area contributed by atoms with Crippen LogP contribution >= 0.6 is 11.6 Å². The lowest BCUT2D eigenvalue weighted by Crippen LogP contribution is -2.35. The van der Waals surface area contributed by atoms with E-state index in [0.29, 0.717) is 23.5 Å². The zero-order valence-electron chi connectivity index (χ0n) is 21.0. The molecule has 5 rings (SSSR count). The maximum Gasteiger partial charge on any atom is 0.258 e. The number of hydrazone groups is 1. The van der Waals surface area contributed by atoms with Gasteiger partial charge in [-0.15, -0.1) is 0 Å². The van der Waals surface area contributed by atoms with Gasteiger partial charge in [0.2, 0.25) is 0 Å². The van der Waals surface area contributed by atoms with E-state index in [1.54, 1.807) is 23.1 Å². The Labute approximate surface area is 225 Å². The lowest BCUT2D eigenvalue weighted by Gasteiger charge is -2.28. The third-order valence-electron chi connectivity index (χ3n) is 7.58. The highest BCUT2D eigenvalue weighted by molar-refractivity contribution is 6.34. The number of amides is 2. The summed E-state index contributed by atoms with van der Waals surface area (Å²) in [5, 5.41) is 6.95. The molecule has 0 bridgehead atoms. The number of rotatable bonds is 4. The summed E-state index contributed by atoms with van der Waals surface area (Å²) in [6, 6.07) is 16.3. The number of fused-ring (bicyclic) bond motifs is 1. The number of benzene rings is 3. The van der Waals surface area contributed by atoms with Crippen molar-refractivity contribution >= 4 is 40.5 Å². The number of nitrogens with zero attached hydrogens (tertiary/aromatic N) is 2. The summed E-state index contributed by atoms with van der Waals surface area (Å²) >= 11 is 6.08. The Balaban J connectivity index is 1.43. The molecule has 1 unspecified atom stereocenters. The molecule has 3 aromatic carbocycles. The molecular formula is C29H28ClFN4O3. The number of nitrogens with two attached hydrogens (primary N) is 1. The third-order valence-corrected chi connectivity index (χ3v) is 7.91. The van der Waals surface area contributed by atoms with Crippen LogP contribution in [0.1, 0.15) is 52.0 Å². The predicted octanol–water partition coefficient (Wildman–Crippen LogP) is 5.82. The lowest BCUT2D eigenvalue weighted by molar-refractivity contribution is 0.0984. The minimum atomic E-state index is -0.590. The molecule has 2 amide bonds. The van der Waals surface area contributed by atoms with Crippen LogP contribution in [0.5, 0.6) is 5.75 Å². The first-order chi connectivity index (χ1) is 18.3. The number of para-hydroxylation sites is 1. The minimum Gasteiger partial charge on any atom is -0.495 e. The average molecular weight is 535 g/mol. The van der Waals surface area contributed by atoms with Crippen molar-refractivity contribution in [1.82, 2.24) is 0 Å². The maximum absolute atomic E-state index is 13.8. The molecule has 1 heterocycles. The standard InChI is InChI=1S/C29H28ClFN4O3/c1-38-25-15-18(8-11-23(25)33-27(36)21-16-20(31)9-10-22(21)30)28(37)35-14-13-29(12-4-7-26(29)34-32)17-19-5-2-3-6-24(19)35/h2-3,5-6,8-11,15-16H,4,7,12-14,17,32H2,1H3,(H,33,36). The Bertz CT molecular complexity index is 1440. The number of hydrogen-bond donors (Lipinski definition) is 2. The van der Waals surface area contributed by atoms with Gasteiger partial charge in [0.1, 0.15) is 11.6 Å². The van der Waals surface area contributed by atoms with E-state index in [1.807, 2.05) is 18.2 Å². The molecule has 3 N–H and O–H groups in total. The average Bonchev–Trinajstić information content (AvgIpc) is 3.24. The molecule has 196 valence electrons. The van der Waals surface area contributed by atoms with Crippen LogP contribution in [0.2, 0.25) is 5.02 Å². The number of carbonyl (C=O) groups is 2. The van der Waals surface area contributed by atoms with Crippen molar-refractivity contribution in [3.63, 3.8) is 0 Å². The molecule has 1 saturated carbocycles. The third kappa shape index (κ3) is 4.72. The fraction of sp³-hybridized carbons (Fsp3) is 0.276. The number of hydrogen-bond acceptors (Lipinski definition) is 5. The van der Waals surface area contributed by atoms with Crippen molar-refractivity contribution in [3.8, 4) is 5.75 Å². The van der Waals surface area contributed by atoms with Crippen LogP contribution in [-0.2, 0) is 6.42 Å². The summed E-state index contributed by atoms with van der Waals surface area (Å²) in [6.45, 7) is 0.522. The van der Waals surface area contributed by atoms with Crippen LogP contribution < -0.4 is 20.8 Å². The number of halogens is 2. The first kappa shape index (κ1) is 25.7. The maximum atomic E-state index is 13.8. The van der Waals surface area contributed by atoms with E-state index in [1.165, 1.54) is 19.2 Å². The van der Waals surface area contributed by atoms with Gasteiger partial charge in [0.25, 0.3) is 11.8 Å². The van der Waals surface area contributed by atoms with Crippen molar-refractivity contribution < 1.29 is 18.7 Å². The van der Waals surface area contributed by atoms with E-state index < -0.39 is 11.7 Å². The molecule has 1 fully saturated rings. The molecule has 7 nitrogen and oxygen atoms in total. The summed E-state index contributed by atoms with van der Waals surface area (Å²) in [5.41, 5.74) is 3.59. The summed E-state index contributed by atoms with van der Waals surface area (Å²) in [4.78, 5) is 28.4. The first-order valence-corrected chi connectivity index (χ1v) is 12.8. The Morgan fingerprint density at radius 1 is 1.13 bits per heavy atom. The van der Waals surface area contributed by atoms with Crippen molar-refractivity contribution in [2.45, 2.75) is 32.1 Å². The predicted molar refractivity (Wildman–Crippen MR) is 147 cm³/mol. The van der Waals surface area contributed by atoms with Crippen LogP contribution in [0.4, 0.5) is 15.8 Å². The molecule has 3 aromatic rings.